The number of likely N-dealkylation sites (N-methyl/N-ethyl adjacent to an activating group) is 1. The Labute approximate surface area is 183 Å². The molecule has 0 radical (unpaired) electrons. The summed E-state index contributed by atoms with van der Waals surface area (Å²) in [5, 5.41) is 3.64. The fourth-order valence-electron chi connectivity index (χ4n) is 3.11. The molecule has 1 aliphatic heterocycles. The van der Waals surface area contributed by atoms with Gasteiger partial charge in [0.2, 0.25) is 26.0 Å². The van der Waals surface area contributed by atoms with Crippen LogP contribution in [0.25, 0.3) is 6.08 Å². The van der Waals surface area contributed by atoms with Crippen molar-refractivity contribution in [3.05, 3.63) is 65.6 Å². The Hall–Kier alpha value is -2.53. The van der Waals surface area contributed by atoms with Gasteiger partial charge in [-0.15, -0.1) is 0 Å². The summed E-state index contributed by atoms with van der Waals surface area (Å²) in [4.78, 5) is 12.4. The molecule has 0 bridgehead atoms. The largest absolute Gasteiger partial charge is 0.325 e. The first kappa shape index (κ1) is 23.1. The van der Waals surface area contributed by atoms with Crippen LogP contribution in [-0.2, 0) is 24.8 Å². The zero-order chi connectivity index (χ0) is 22.5. The number of anilines is 1. The molecule has 0 atom stereocenters. The third-order valence-electron chi connectivity index (χ3n) is 4.87. The van der Waals surface area contributed by atoms with Gasteiger partial charge in [-0.25, -0.2) is 16.8 Å². The lowest BCUT2D eigenvalue weighted by Gasteiger charge is -2.16. The van der Waals surface area contributed by atoms with Crippen LogP contribution in [0.3, 0.4) is 0 Å². The Morgan fingerprint density at radius 1 is 1.00 bits per heavy atom. The predicted molar refractivity (Wildman–Crippen MR) is 120 cm³/mol. The number of rotatable bonds is 8. The van der Waals surface area contributed by atoms with Crippen LogP contribution in [0.15, 0.2) is 64.9 Å². The van der Waals surface area contributed by atoms with Crippen LogP contribution in [0.2, 0.25) is 0 Å². The van der Waals surface area contributed by atoms with E-state index in [2.05, 4.69) is 5.32 Å². The van der Waals surface area contributed by atoms with E-state index in [9.17, 15) is 21.6 Å². The maximum Gasteiger partial charge on any atom is 0.243 e. The number of nitrogens with one attached hydrogen (secondary N) is 1. The number of sulfonamides is 2. The van der Waals surface area contributed by atoms with Crippen molar-refractivity contribution in [2.75, 3.05) is 32.0 Å². The molecule has 1 amide bonds. The monoisotopic (exact) mass is 463 g/mol. The van der Waals surface area contributed by atoms with E-state index in [1.54, 1.807) is 24.3 Å². The Balaban J connectivity index is 1.59. The van der Waals surface area contributed by atoms with Crippen molar-refractivity contribution in [3.8, 4) is 0 Å². The van der Waals surface area contributed by atoms with Gasteiger partial charge in [-0.3, -0.25) is 4.79 Å². The van der Waals surface area contributed by atoms with E-state index in [0.717, 1.165) is 28.1 Å². The molecule has 1 heterocycles. The number of carbonyl (C=O) groups excluding carboxylic acids is 1. The van der Waals surface area contributed by atoms with E-state index in [0.29, 0.717) is 18.8 Å². The molecule has 8 nitrogen and oxygen atoms in total. The Bertz CT molecular complexity index is 1140. The summed E-state index contributed by atoms with van der Waals surface area (Å²) < 4.78 is 52.2. The van der Waals surface area contributed by atoms with Crippen LogP contribution in [0.1, 0.15) is 18.4 Å². The molecule has 2 aromatic carbocycles. The summed E-state index contributed by atoms with van der Waals surface area (Å²) in [5.74, 6) is -0.533. The molecule has 3 rings (SSSR count). The van der Waals surface area contributed by atoms with Gasteiger partial charge in [0.25, 0.3) is 0 Å². The molecule has 1 saturated heterocycles. The SMILES string of the molecule is CN(CC(=O)Nc1ccc(S(=O)(=O)N2CCCC2)cc1)S(=O)(=O)/C=C/c1ccccc1. The highest BCUT2D eigenvalue weighted by atomic mass is 32.2. The van der Waals surface area contributed by atoms with Gasteiger partial charge in [-0.1, -0.05) is 30.3 Å². The minimum atomic E-state index is -3.77. The van der Waals surface area contributed by atoms with E-state index < -0.39 is 26.0 Å². The molecule has 0 spiro atoms. The molecule has 10 heteroatoms. The van der Waals surface area contributed by atoms with Crippen molar-refractivity contribution in [1.82, 2.24) is 8.61 Å². The fourth-order valence-corrected chi connectivity index (χ4v) is 5.46. The first-order valence-electron chi connectivity index (χ1n) is 9.78. The first-order chi connectivity index (χ1) is 14.7. The maximum absolute atomic E-state index is 12.5. The molecular weight excluding hydrogens is 438 g/mol. The average Bonchev–Trinajstić information content (AvgIpc) is 3.29. The standard InChI is InChI=1S/C21H25N3O5S2/c1-23(30(26,27)16-13-18-7-3-2-4-8-18)17-21(25)22-19-9-11-20(12-10-19)31(28,29)24-14-5-6-15-24/h2-4,7-13,16H,5-6,14-15,17H2,1H3,(H,22,25)/b16-13+. The number of hydrogen-bond donors (Lipinski definition) is 1. The Kier molecular flexibility index (Phi) is 7.26. The van der Waals surface area contributed by atoms with Crippen LogP contribution < -0.4 is 5.32 Å². The van der Waals surface area contributed by atoms with Crippen molar-refractivity contribution in [2.24, 2.45) is 0 Å². The number of amides is 1. The number of nitrogens with zero attached hydrogens (tertiary/aromatic N) is 2. The zero-order valence-electron chi connectivity index (χ0n) is 17.1. The second-order valence-electron chi connectivity index (χ2n) is 7.20. The van der Waals surface area contributed by atoms with Crippen LogP contribution >= 0.6 is 0 Å². The molecule has 1 N–H and O–H groups in total. The molecule has 2 aromatic rings. The van der Waals surface area contributed by atoms with Gasteiger partial charge in [0.05, 0.1) is 11.4 Å². The van der Waals surface area contributed by atoms with E-state index in [-0.39, 0.29) is 11.4 Å². The molecule has 0 aromatic heterocycles. The summed E-state index contributed by atoms with van der Waals surface area (Å²) in [6, 6.07) is 14.8. The van der Waals surface area contributed by atoms with Gasteiger partial charge in [-0.05, 0) is 48.7 Å². The molecule has 166 valence electrons. The molecule has 1 fully saturated rings. The van der Waals surface area contributed by atoms with Crippen LogP contribution in [0, 0.1) is 0 Å². The summed E-state index contributed by atoms with van der Waals surface area (Å²) in [7, 11) is -5.98. The van der Waals surface area contributed by atoms with Gasteiger partial charge in [0.15, 0.2) is 0 Å². The van der Waals surface area contributed by atoms with Gasteiger partial charge in [-0.2, -0.15) is 8.61 Å². The summed E-state index contributed by atoms with van der Waals surface area (Å²) >= 11 is 0. The Morgan fingerprint density at radius 2 is 1.61 bits per heavy atom. The topological polar surface area (TPSA) is 104 Å². The van der Waals surface area contributed by atoms with E-state index in [4.69, 9.17) is 0 Å². The maximum atomic E-state index is 12.5. The van der Waals surface area contributed by atoms with E-state index in [1.807, 2.05) is 6.07 Å². The van der Waals surface area contributed by atoms with Gasteiger partial charge >= 0.3 is 0 Å². The highest BCUT2D eigenvalue weighted by molar-refractivity contribution is 7.92. The molecule has 0 saturated carbocycles. The Morgan fingerprint density at radius 3 is 2.23 bits per heavy atom. The predicted octanol–water partition coefficient (Wildman–Crippen LogP) is 2.34. The summed E-state index contributed by atoms with van der Waals surface area (Å²) in [5.41, 5.74) is 1.11. The van der Waals surface area contributed by atoms with Gasteiger partial charge < -0.3 is 5.32 Å². The average molecular weight is 464 g/mol. The number of hydrogen-bond acceptors (Lipinski definition) is 5. The second kappa shape index (κ2) is 9.73. The highest BCUT2D eigenvalue weighted by Crippen LogP contribution is 2.22. The molecule has 31 heavy (non-hydrogen) atoms. The van der Waals surface area contributed by atoms with Crippen molar-refractivity contribution < 1.29 is 21.6 Å². The smallest absolute Gasteiger partial charge is 0.243 e. The molecule has 1 aliphatic rings. The highest BCUT2D eigenvalue weighted by Gasteiger charge is 2.27. The molecule has 0 aliphatic carbocycles. The van der Waals surface area contributed by atoms with E-state index in [1.165, 1.54) is 41.7 Å². The minimum Gasteiger partial charge on any atom is -0.325 e. The fraction of sp³-hybridized carbons (Fsp3) is 0.286. The third-order valence-corrected chi connectivity index (χ3v) is 8.26. The third kappa shape index (κ3) is 6.01. The lowest BCUT2D eigenvalue weighted by molar-refractivity contribution is -0.116. The zero-order valence-corrected chi connectivity index (χ0v) is 18.8. The molecule has 0 unspecified atom stereocenters. The molecular formula is C21H25N3O5S2. The van der Waals surface area contributed by atoms with Crippen molar-refractivity contribution in [1.29, 1.82) is 0 Å². The lowest BCUT2D eigenvalue weighted by Crippen LogP contribution is -2.33. The van der Waals surface area contributed by atoms with Crippen molar-refractivity contribution in [2.45, 2.75) is 17.7 Å². The van der Waals surface area contributed by atoms with Crippen molar-refractivity contribution in [3.63, 3.8) is 0 Å². The second-order valence-corrected chi connectivity index (χ2v) is 11.1. The lowest BCUT2D eigenvalue weighted by atomic mass is 10.2. The van der Waals surface area contributed by atoms with Crippen LogP contribution in [-0.4, -0.2) is 58.0 Å². The first-order valence-corrected chi connectivity index (χ1v) is 12.7. The van der Waals surface area contributed by atoms with Crippen molar-refractivity contribution >= 4 is 37.7 Å². The number of benzene rings is 2. The van der Waals surface area contributed by atoms with Crippen LogP contribution in [0.5, 0.6) is 0 Å². The summed E-state index contributed by atoms with van der Waals surface area (Å²) in [6.45, 7) is 0.649. The minimum absolute atomic E-state index is 0.165. The van der Waals surface area contributed by atoms with Gasteiger partial charge in [0.1, 0.15) is 0 Å². The van der Waals surface area contributed by atoms with Gasteiger partial charge in [0, 0.05) is 31.2 Å². The number of carbonyl (C=O) groups is 1. The quantitative estimate of drug-likeness (QED) is 0.647. The normalized spacial score (nSPS) is 15.5. The van der Waals surface area contributed by atoms with Crippen LogP contribution in [0.4, 0.5) is 5.69 Å². The van der Waals surface area contributed by atoms with E-state index >= 15 is 0 Å². The summed E-state index contributed by atoms with van der Waals surface area (Å²) in [6.07, 6.45) is 3.16.